The summed E-state index contributed by atoms with van der Waals surface area (Å²) in [5, 5.41) is 4.18. The molecular weight excluding hydrogens is 342 g/mol. The minimum absolute atomic E-state index is 0.209. The number of carbonyl (C=O) groups excluding carboxylic acids is 1. The Morgan fingerprint density at radius 3 is 2.80 bits per heavy atom. The molecule has 0 spiro atoms. The van der Waals surface area contributed by atoms with Gasteiger partial charge >= 0.3 is 0 Å². The Balaban J connectivity index is 1.65. The summed E-state index contributed by atoms with van der Waals surface area (Å²) in [5.74, 6) is 1.69. The van der Waals surface area contributed by atoms with Crippen molar-refractivity contribution >= 4 is 28.5 Å². The fraction of sp³-hybridized carbons (Fsp3) is 0.211. The molecule has 0 aliphatic heterocycles. The number of hydrogen-bond donors (Lipinski definition) is 1. The summed E-state index contributed by atoms with van der Waals surface area (Å²) in [6, 6.07) is 12.5. The van der Waals surface area contributed by atoms with E-state index < -0.39 is 0 Å². The number of aryl methyl sites for hydroxylation is 1. The van der Waals surface area contributed by atoms with E-state index in [4.69, 9.17) is 25.5 Å². The molecule has 1 heterocycles. The number of amides is 1. The summed E-state index contributed by atoms with van der Waals surface area (Å²) in [4.78, 5) is 12.5. The summed E-state index contributed by atoms with van der Waals surface area (Å²) in [7, 11) is 1.58. The molecule has 1 aromatic heterocycles. The van der Waals surface area contributed by atoms with Crippen LogP contribution in [-0.2, 0) is 0 Å². The van der Waals surface area contributed by atoms with E-state index in [1.165, 1.54) is 0 Å². The molecule has 25 heavy (non-hydrogen) atoms. The van der Waals surface area contributed by atoms with Gasteiger partial charge in [-0.2, -0.15) is 0 Å². The fourth-order valence-corrected chi connectivity index (χ4v) is 2.77. The molecule has 0 aliphatic carbocycles. The summed E-state index contributed by atoms with van der Waals surface area (Å²) in [6.45, 7) is 2.47. The number of hydrogen-bond acceptors (Lipinski definition) is 4. The average Bonchev–Trinajstić information content (AvgIpc) is 2.93. The Morgan fingerprint density at radius 2 is 2.04 bits per heavy atom. The lowest BCUT2D eigenvalue weighted by Gasteiger charge is -2.08. The van der Waals surface area contributed by atoms with Crippen LogP contribution in [0.25, 0.3) is 11.0 Å². The molecule has 1 N–H and O–H groups in total. The first-order valence-corrected chi connectivity index (χ1v) is 8.20. The average molecular weight is 360 g/mol. The van der Waals surface area contributed by atoms with Crippen molar-refractivity contribution < 1.29 is 18.7 Å². The predicted octanol–water partition coefficient (Wildman–Crippen LogP) is 4.21. The molecule has 6 heteroatoms. The molecule has 1 amide bonds. The molecule has 0 fully saturated rings. The smallest absolute Gasteiger partial charge is 0.255 e. The van der Waals surface area contributed by atoms with Crippen molar-refractivity contribution in [3.63, 3.8) is 0 Å². The number of halogens is 1. The molecule has 0 atom stereocenters. The van der Waals surface area contributed by atoms with Crippen LogP contribution in [0.2, 0.25) is 5.02 Å². The number of methoxy groups -OCH3 is 1. The number of benzene rings is 2. The van der Waals surface area contributed by atoms with Crippen molar-refractivity contribution in [3.8, 4) is 11.5 Å². The number of furan rings is 1. The SMILES string of the molecule is COc1ccc2oc(C)c(C(=O)NCCOc3cccc(Cl)c3)c2c1. The van der Waals surface area contributed by atoms with Crippen LogP contribution in [0.1, 0.15) is 16.1 Å². The maximum atomic E-state index is 12.5. The maximum absolute atomic E-state index is 12.5. The molecule has 130 valence electrons. The van der Waals surface area contributed by atoms with Gasteiger partial charge in [-0.1, -0.05) is 17.7 Å². The molecule has 0 unspecified atom stereocenters. The number of carbonyl (C=O) groups is 1. The zero-order valence-corrected chi connectivity index (χ0v) is 14.7. The van der Waals surface area contributed by atoms with Crippen molar-refractivity contribution in [2.24, 2.45) is 0 Å². The molecule has 3 rings (SSSR count). The van der Waals surface area contributed by atoms with Crippen molar-refractivity contribution in [1.82, 2.24) is 5.32 Å². The van der Waals surface area contributed by atoms with E-state index in [-0.39, 0.29) is 5.91 Å². The number of ether oxygens (including phenoxy) is 2. The highest BCUT2D eigenvalue weighted by atomic mass is 35.5. The third-order valence-corrected chi connectivity index (χ3v) is 3.99. The van der Waals surface area contributed by atoms with E-state index in [1.807, 2.05) is 12.1 Å². The fourth-order valence-electron chi connectivity index (χ4n) is 2.59. The van der Waals surface area contributed by atoms with Gasteiger partial charge in [0.05, 0.1) is 19.2 Å². The Kier molecular flexibility index (Phi) is 5.14. The molecule has 3 aromatic rings. The van der Waals surface area contributed by atoms with Crippen LogP contribution in [0, 0.1) is 6.92 Å². The van der Waals surface area contributed by atoms with E-state index in [0.29, 0.717) is 46.6 Å². The highest BCUT2D eigenvalue weighted by Gasteiger charge is 2.18. The second kappa shape index (κ2) is 7.49. The van der Waals surface area contributed by atoms with Crippen LogP contribution in [0.5, 0.6) is 11.5 Å². The molecule has 5 nitrogen and oxygen atoms in total. The summed E-state index contributed by atoms with van der Waals surface area (Å²) >= 11 is 5.90. The summed E-state index contributed by atoms with van der Waals surface area (Å²) in [5.41, 5.74) is 1.16. The Morgan fingerprint density at radius 1 is 1.20 bits per heavy atom. The van der Waals surface area contributed by atoms with E-state index >= 15 is 0 Å². The Labute approximate surface area is 150 Å². The van der Waals surface area contributed by atoms with Gasteiger partial charge in [0.25, 0.3) is 5.91 Å². The Hall–Kier alpha value is -2.66. The maximum Gasteiger partial charge on any atom is 0.255 e. The largest absolute Gasteiger partial charge is 0.497 e. The third-order valence-electron chi connectivity index (χ3n) is 3.75. The van der Waals surface area contributed by atoms with E-state index in [0.717, 1.165) is 5.39 Å². The number of rotatable bonds is 6. The number of fused-ring (bicyclic) bond motifs is 1. The first kappa shape index (κ1) is 17.2. The van der Waals surface area contributed by atoms with Crippen LogP contribution >= 0.6 is 11.6 Å². The van der Waals surface area contributed by atoms with Crippen LogP contribution in [0.3, 0.4) is 0 Å². The highest BCUT2D eigenvalue weighted by Crippen LogP contribution is 2.28. The minimum atomic E-state index is -0.209. The Bertz CT molecular complexity index is 904. The summed E-state index contributed by atoms with van der Waals surface area (Å²) < 4.78 is 16.4. The predicted molar refractivity (Wildman–Crippen MR) is 96.8 cm³/mol. The molecule has 0 saturated carbocycles. The lowest BCUT2D eigenvalue weighted by atomic mass is 10.1. The second-order valence-electron chi connectivity index (χ2n) is 5.46. The van der Waals surface area contributed by atoms with Gasteiger partial charge in [-0.25, -0.2) is 0 Å². The van der Waals surface area contributed by atoms with Crippen molar-refractivity contribution in [2.45, 2.75) is 6.92 Å². The highest BCUT2D eigenvalue weighted by molar-refractivity contribution is 6.30. The molecule has 0 radical (unpaired) electrons. The van der Waals surface area contributed by atoms with Gasteiger partial charge in [0, 0.05) is 10.4 Å². The topological polar surface area (TPSA) is 60.7 Å². The van der Waals surface area contributed by atoms with Gasteiger partial charge in [0.15, 0.2) is 0 Å². The van der Waals surface area contributed by atoms with Crippen molar-refractivity contribution in [2.75, 3.05) is 20.3 Å². The third kappa shape index (κ3) is 3.88. The quantitative estimate of drug-likeness (QED) is 0.670. The standard InChI is InChI=1S/C19H18ClNO4/c1-12-18(16-11-14(23-2)6-7-17(16)25-12)19(22)21-8-9-24-15-5-3-4-13(20)10-15/h3-7,10-11H,8-9H2,1-2H3,(H,21,22). The van der Waals surface area contributed by atoms with Gasteiger partial charge in [0.2, 0.25) is 0 Å². The zero-order chi connectivity index (χ0) is 17.8. The zero-order valence-electron chi connectivity index (χ0n) is 14.0. The van der Waals surface area contributed by atoms with Crippen LogP contribution in [-0.4, -0.2) is 26.2 Å². The monoisotopic (exact) mass is 359 g/mol. The van der Waals surface area contributed by atoms with Crippen LogP contribution < -0.4 is 14.8 Å². The molecule has 0 aliphatic rings. The molecule has 2 aromatic carbocycles. The van der Waals surface area contributed by atoms with Gasteiger partial charge in [0.1, 0.15) is 29.4 Å². The van der Waals surface area contributed by atoms with Gasteiger partial charge in [-0.05, 0) is 43.3 Å². The lowest BCUT2D eigenvalue weighted by Crippen LogP contribution is -2.28. The van der Waals surface area contributed by atoms with E-state index in [2.05, 4.69) is 5.32 Å². The van der Waals surface area contributed by atoms with Gasteiger partial charge < -0.3 is 19.2 Å². The minimum Gasteiger partial charge on any atom is -0.497 e. The van der Waals surface area contributed by atoms with Crippen LogP contribution in [0.4, 0.5) is 0 Å². The van der Waals surface area contributed by atoms with Gasteiger partial charge in [-0.3, -0.25) is 4.79 Å². The van der Waals surface area contributed by atoms with E-state index in [1.54, 1.807) is 44.4 Å². The first-order valence-electron chi connectivity index (χ1n) is 7.82. The van der Waals surface area contributed by atoms with Crippen LogP contribution in [0.15, 0.2) is 46.9 Å². The van der Waals surface area contributed by atoms with E-state index in [9.17, 15) is 4.79 Å². The first-order chi connectivity index (χ1) is 12.1. The second-order valence-corrected chi connectivity index (χ2v) is 5.89. The number of nitrogens with one attached hydrogen (secondary N) is 1. The van der Waals surface area contributed by atoms with Gasteiger partial charge in [-0.15, -0.1) is 0 Å². The molecular formula is C19H18ClNO4. The molecule has 0 bridgehead atoms. The normalized spacial score (nSPS) is 10.7. The van der Waals surface area contributed by atoms with Crippen molar-refractivity contribution in [3.05, 3.63) is 58.8 Å². The summed E-state index contributed by atoms with van der Waals surface area (Å²) in [6.07, 6.45) is 0. The lowest BCUT2D eigenvalue weighted by molar-refractivity contribution is 0.0947. The molecule has 0 saturated heterocycles. The van der Waals surface area contributed by atoms with Crippen molar-refractivity contribution in [1.29, 1.82) is 0 Å².